The summed E-state index contributed by atoms with van der Waals surface area (Å²) in [6, 6.07) is 30.8. The maximum Gasteiger partial charge on any atom is 0.229 e. The van der Waals surface area contributed by atoms with E-state index in [2.05, 4.69) is 0 Å². The van der Waals surface area contributed by atoms with E-state index in [0.717, 1.165) is 49.8 Å². The number of ether oxygens (including phenoxy) is 8. The molecule has 4 aromatic carbocycles. The van der Waals surface area contributed by atoms with Gasteiger partial charge >= 0.3 is 0 Å². The number of halogens is 1. The van der Waals surface area contributed by atoms with Crippen molar-refractivity contribution in [3.63, 3.8) is 0 Å². The first-order valence-corrected chi connectivity index (χ1v) is 16.6. The molecule has 8 nitrogen and oxygen atoms in total. The standard InChI is InChI=1S/C36H39ClO8S/c1-24-33(41-21-25-5-11-28(38-2)12-6-25)34(42-22-26-7-13-29(39-3)14-8-26)35(43-23-27-9-15-30(40-4)16-10-27)36(44-24)45-31-17-19-32(46-37)20-18-31/h5-20,24,33-36H,21-23H2,1-4H3/t24-,33+,34+,35-,36+/m0/s1. The van der Waals surface area contributed by atoms with E-state index in [4.69, 9.17) is 48.6 Å². The van der Waals surface area contributed by atoms with Crippen molar-refractivity contribution >= 4 is 21.7 Å². The maximum atomic E-state index is 6.68. The van der Waals surface area contributed by atoms with Crippen LogP contribution in [-0.2, 0) is 38.8 Å². The van der Waals surface area contributed by atoms with Crippen LogP contribution in [0.3, 0.4) is 0 Å². The number of hydrogen-bond acceptors (Lipinski definition) is 9. The Balaban J connectivity index is 1.42. The van der Waals surface area contributed by atoms with Gasteiger partial charge in [-0.2, -0.15) is 0 Å². The van der Waals surface area contributed by atoms with E-state index in [1.165, 1.54) is 0 Å². The van der Waals surface area contributed by atoms with Gasteiger partial charge in [-0.1, -0.05) is 36.4 Å². The minimum Gasteiger partial charge on any atom is -0.497 e. The fraction of sp³-hybridized carbons (Fsp3) is 0.333. The summed E-state index contributed by atoms with van der Waals surface area (Å²) in [7, 11) is 12.0. The molecule has 10 heteroatoms. The van der Waals surface area contributed by atoms with Crippen LogP contribution in [0.1, 0.15) is 23.6 Å². The molecule has 5 atom stereocenters. The minimum absolute atomic E-state index is 0.293. The molecule has 0 saturated carbocycles. The zero-order chi connectivity index (χ0) is 32.3. The normalized spacial score (nSPS) is 21.0. The molecule has 0 bridgehead atoms. The van der Waals surface area contributed by atoms with Gasteiger partial charge in [0, 0.05) is 4.90 Å². The average Bonchev–Trinajstić information content (AvgIpc) is 3.11. The van der Waals surface area contributed by atoms with E-state index in [1.54, 1.807) is 21.3 Å². The lowest BCUT2D eigenvalue weighted by Gasteiger charge is -2.45. The van der Waals surface area contributed by atoms with E-state index in [0.29, 0.717) is 25.6 Å². The Morgan fingerprint density at radius 2 is 0.935 bits per heavy atom. The fourth-order valence-corrected chi connectivity index (χ4v) is 5.66. The molecule has 1 saturated heterocycles. The van der Waals surface area contributed by atoms with Gasteiger partial charge in [0.25, 0.3) is 0 Å². The molecule has 0 amide bonds. The van der Waals surface area contributed by atoms with Gasteiger partial charge < -0.3 is 37.9 Å². The molecule has 4 aromatic rings. The Labute approximate surface area is 279 Å². The van der Waals surface area contributed by atoms with Crippen LogP contribution >= 0.6 is 21.7 Å². The molecular weight excluding hydrogens is 628 g/mol. The van der Waals surface area contributed by atoms with Crippen molar-refractivity contribution in [2.75, 3.05) is 21.3 Å². The molecule has 0 aromatic heterocycles. The average molecular weight is 667 g/mol. The van der Waals surface area contributed by atoms with Gasteiger partial charge in [-0.05, 0) is 106 Å². The van der Waals surface area contributed by atoms with Crippen molar-refractivity contribution < 1.29 is 37.9 Å². The maximum absolute atomic E-state index is 6.68. The van der Waals surface area contributed by atoms with Crippen LogP contribution in [0.15, 0.2) is 102 Å². The van der Waals surface area contributed by atoms with E-state index in [-0.39, 0.29) is 6.10 Å². The fourth-order valence-electron chi connectivity index (χ4n) is 5.11. The van der Waals surface area contributed by atoms with E-state index in [9.17, 15) is 0 Å². The highest BCUT2D eigenvalue weighted by molar-refractivity contribution is 8.21. The second kappa shape index (κ2) is 16.9. The summed E-state index contributed by atoms with van der Waals surface area (Å²) in [5.74, 6) is 2.95. The predicted molar refractivity (Wildman–Crippen MR) is 178 cm³/mol. The molecule has 1 aliphatic rings. The van der Waals surface area contributed by atoms with Gasteiger partial charge in [0.15, 0.2) is 0 Å². The van der Waals surface area contributed by atoms with Gasteiger partial charge in [0.2, 0.25) is 6.29 Å². The highest BCUT2D eigenvalue weighted by Crippen LogP contribution is 2.33. The highest BCUT2D eigenvalue weighted by Gasteiger charge is 2.48. The lowest BCUT2D eigenvalue weighted by Crippen LogP contribution is -2.60. The first kappa shape index (κ1) is 33.9. The molecule has 0 aliphatic carbocycles. The zero-order valence-corrected chi connectivity index (χ0v) is 27.9. The van der Waals surface area contributed by atoms with Crippen molar-refractivity contribution in [2.45, 2.75) is 62.3 Å². The molecule has 0 N–H and O–H groups in total. The molecule has 1 fully saturated rings. The Bertz CT molecular complexity index is 1470. The molecule has 244 valence electrons. The van der Waals surface area contributed by atoms with Crippen LogP contribution < -0.4 is 18.9 Å². The number of hydrogen-bond donors (Lipinski definition) is 0. The quantitative estimate of drug-likeness (QED) is 0.126. The highest BCUT2D eigenvalue weighted by atomic mass is 35.7. The second-order valence-electron chi connectivity index (χ2n) is 10.7. The monoisotopic (exact) mass is 666 g/mol. The van der Waals surface area contributed by atoms with Gasteiger partial charge in [0.1, 0.15) is 41.3 Å². The number of benzene rings is 4. The predicted octanol–water partition coefficient (Wildman–Crippen LogP) is 7.84. The lowest BCUT2D eigenvalue weighted by molar-refractivity contribution is -0.300. The molecule has 5 rings (SSSR count). The van der Waals surface area contributed by atoms with Crippen molar-refractivity contribution in [1.82, 2.24) is 0 Å². The second-order valence-corrected chi connectivity index (χ2v) is 11.8. The topological polar surface area (TPSA) is 73.8 Å². The third kappa shape index (κ3) is 9.09. The van der Waals surface area contributed by atoms with Crippen molar-refractivity contribution in [2.24, 2.45) is 0 Å². The summed E-state index contributed by atoms with van der Waals surface area (Å²) in [5.41, 5.74) is 2.94. The molecule has 0 spiro atoms. The van der Waals surface area contributed by atoms with E-state index in [1.807, 2.05) is 104 Å². The molecule has 1 aliphatic heterocycles. The minimum atomic E-state index is -0.788. The van der Waals surface area contributed by atoms with Crippen molar-refractivity contribution in [3.05, 3.63) is 114 Å². The summed E-state index contributed by atoms with van der Waals surface area (Å²) in [5, 5.41) is 0. The summed E-state index contributed by atoms with van der Waals surface area (Å²) in [6.07, 6.45) is -2.85. The molecule has 0 unspecified atom stereocenters. The van der Waals surface area contributed by atoms with Crippen LogP contribution in [0.25, 0.3) is 0 Å². The van der Waals surface area contributed by atoms with Crippen LogP contribution in [-0.4, -0.2) is 52.0 Å². The SMILES string of the molecule is COc1ccc(CO[C@H]2[C@H](OCc3ccc(OC)cc3)[C@@H](Oc3ccc(SCl)cc3)O[C@@H](C)[C@H]2OCc2ccc(OC)cc2)cc1. The Kier molecular flexibility index (Phi) is 12.5. The van der Waals surface area contributed by atoms with Crippen LogP contribution in [0, 0.1) is 0 Å². The summed E-state index contributed by atoms with van der Waals surface area (Å²) in [6.45, 7) is 2.92. The third-order valence-electron chi connectivity index (χ3n) is 7.70. The lowest BCUT2D eigenvalue weighted by atomic mass is 9.98. The largest absolute Gasteiger partial charge is 0.497 e. The van der Waals surface area contributed by atoms with E-state index >= 15 is 0 Å². The van der Waals surface area contributed by atoms with Crippen molar-refractivity contribution in [3.8, 4) is 23.0 Å². The first-order valence-electron chi connectivity index (χ1n) is 14.9. The molecular formula is C36H39ClO8S. The van der Waals surface area contributed by atoms with Gasteiger partial charge in [-0.3, -0.25) is 0 Å². The van der Waals surface area contributed by atoms with Crippen LogP contribution in [0.4, 0.5) is 0 Å². The van der Waals surface area contributed by atoms with Crippen LogP contribution in [0.2, 0.25) is 0 Å². The van der Waals surface area contributed by atoms with Gasteiger partial charge in [-0.25, -0.2) is 0 Å². The van der Waals surface area contributed by atoms with Gasteiger partial charge in [0.05, 0.1) is 47.3 Å². The van der Waals surface area contributed by atoms with Crippen LogP contribution in [0.5, 0.6) is 23.0 Å². The molecule has 0 radical (unpaired) electrons. The van der Waals surface area contributed by atoms with Crippen molar-refractivity contribution in [1.29, 1.82) is 0 Å². The van der Waals surface area contributed by atoms with E-state index < -0.39 is 24.6 Å². The first-order chi connectivity index (χ1) is 22.5. The van der Waals surface area contributed by atoms with Gasteiger partial charge in [-0.15, -0.1) is 0 Å². The molecule has 46 heavy (non-hydrogen) atoms. The molecule has 1 heterocycles. The summed E-state index contributed by atoms with van der Waals surface area (Å²) < 4.78 is 48.7. The Morgan fingerprint density at radius 1 is 0.543 bits per heavy atom. The Hall–Kier alpha value is -3.44. The number of methoxy groups -OCH3 is 3. The smallest absolute Gasteiger partial charge is 0.229 e. The third-order valence-corrected chi connectivity index (χ3v) is 8.68. The summed E-state index contributed by atoms with van der Waals surface area (Å²) >= 11 is 0. The Morgan fingerprint density at radius 3 is 1.35 bits per heavy atom. The zero-order valence-electron chi connectivity index (χ0n) is 26.3. The summed E-state index contributed by atoms with van der Waals surface area (Å²) in [4.78, 5) is 0.909. The number of rotatable bonds is 15.